The van der Waals surface area contributed by atoms with E-state index in [1.54, 1.807) is 6.07 Å². The van der Waals surface area contributed by atoms with Crippen molar-refractivity contribution in [1.29, 1.82) is 0 Å². The molecule has 0 radical (unpaired) electrons. The Balaban J connectivity index is 1.94. The Hall–Kier alpha value is -0.730. The van der Waals surface area contributed by atoms with Gasteiger partial charge in [0.1, 0.15) is 0 Å². The Bertz CT molecular complexity index is 625. The molecule has 1 aliphatic heterocycles. The molecule has 2 aromatic carbocycles. The van der Waals surface area contributed by atoms with E-state index in [2.05, 4.69) is 12.1 Å². The van der Waals surface area contributed by atoms with E-state index >= 15 is 0 Å². The fourth-order valence-corrected chi connectivity index (χ4v) is 2.79. The molecule has 19 heavy (non-hydrogen) atoms. The van der Waals surface area contributed by atoms with E-state index in [0.717, 1.165) is 11.1 Å². The Morgan fingerprint density at radius 1 is 0.842 bits per heavy atom. The highest BCUT2D eigenvalue weighted by Crippen LogP contribution is 2.34. The van der Waals surface area contributed by atoms with Crippen LogP contribution in [0.25, 0.3) is 0 Å². The average Bonchev–Trinajstić information content (AvgIpc) is 2.88. The first-order valence-electron chi connectivity index (χ1n) is 5.93. The van der Waals surface area contributed by atoms with Gasteiger partial charge in [0.15, 0.2) is 0 Å². The second-order valence-electron chi connectivity index (χ2n) is 4.56. The van der Waals surface area contributed by atoms with Crippen molar-refractivity contribution >= 4 is 34.8 Å². The van der Waals surface area contributed by atoms with Gasteiger partial charge in [-0.1, -0.05) is 47.5 Å². The number of ether oxygens (including phenoxy) is 1. The third kappa shape index (κ3) is 2.61. The highest BCUT2D eigenvalue weighted by Gasteiger charge is 2.16. The fourth-order valence-electron chi connectivity index (χ4n) is 2.21. The summed E-state index contributed by atoms with van der Waals surface area (Å²) in [6.45, 7) is 1.35. The summed E-state index contributed by atoms with van der Waals surface area (Å²) in [5.41, 5.74) is 4.43. The minimum Gasteiger partial charge on any atom is -0.372 e. The first kappa shape index (κ1) is 13.3. The number of hydrogen-bond acceptors (Lipinski definition) is 1. The van der Waals surface area contributed by atoms with E-state index in [4.69, 9.17) is 39.5 Å². The first-order valence-corrected chi connectivity index (χ1v) is 7.13. The van der Waals surface area contributed by atoms with E-state index in [-0.39, 0.29) is 5.38 Å². The molecule has 1 aliphatic rings. The molecule has 0 bridgehead atoms. The minimum atomic E-state index is -0.235. The van der Waals surface area contributed by atoms with Crippen LogP contribution in [0.4, 0.5) is 0 Å². The molecular weight excluding hydrogens is 303 g/mol. The lowest BCUT2D eigenvalue weighted by molar-refractivity contribution is 0.134. The van der Waals surface area contributed by atoms with Crippen molar-refractivity contribution in [1.82, 2.24) is 0 Å². The number of benzene rings is 2. The molecule has 1 atom stereocenters. The van der Waals surface area contributed by atoms with Gasteiger partial charge in [0.05, 0.1) is 28.6 Å². The maximum Gasteiger partial charge on any atom is 0.0836 e. The van der Waals surface area contributed by atoms with E-state index < -0.39 is 0 Å². The van der Waals surface area contributed by atoms with Gasteiger partial charge < -0.3 is 4.74 Å². The molecule has 0 fully saturated rings. The second kappa shape index (κ2) is 5.34. The summed E-state index contributed by atoms with van der Waals surface area (Å²) < 4.78 is 5.41. The van der Waals surface area contributed by atoms with Crippen LogP contribution in [-0.2, 0) is 18.0 Å². The normalized spacial score (nSPS) is 15.3. The molecule has 0 amide bonds. The van der Waals surface area contributed by atoms with E-state index in [1.165, 1.54) is 11.1 Å². The molecule has 0 aromatic heterocycles. The zero-order valence-electron chi connectivity index (χ0n) is 10.00. The van der Waals surface area contributed by atoms with Crippen molar-refractivity contribution in [3.63, 3.8) is 0 Å². The van der Waals surface area contributed by atoms with Crippen LogP contribution in [0.5, 0.6) is 0 Å². The van der Waals surface area contributed by atoms with Gasteiger partial charge in [-0.25, -0.2) is 0 Å². The van der Waals surface area contributed by atoms with Crippen LogP contribution in [0, 0.1) is 0 Å². The molecule has 4 heteroatoms. The molecule has 3 rings (SSSR count). The van der Waals surface area contributed by atoms with Gasteiger partial charge in [-0.15, -0.1) is 11.6 Å². The zero-order valence-corrected chi connectivity index (χ0v) is 12.3. The lowest BCUT2D eigenvalue weighted by Crippen LogP contribution is -1.95. The van der Waals surface area contributed by atoms with Crippen LogP contribution >= 0.6 is 34.8 Å². The number of hydrogen-bond donors (Lipinski definition) is 0. The van der Waals surface area contributed by atoms with Crippen molar-refractivity contribution in [2.45, 2.75) is 18.6 Å². The number of rotatable bonds is 2. The topological polar surface area (TPSA) is 9.23 Å². The molecule has 98 valence electrons. The van der Waals surface area contributed by atoms with Crippen LogP contribution in [-0.4, -0.2) is 0 Å². The Labute approximate surface area is 127 Å². The van der Waals surface area contributed by atoms with E-state index in [0.29, 0.717) is 23.3 Å². The first-order chi connectivity index (χ1) is 9.15. The predicted molar refractivity (Wildman–Crippen MR) is 79.1 cm³/mol. The smallest absolute Gasteiger partial charge is 0.0836 e. The quantitative estimate of drug-likeness (QED) is 0.679. The molecule has 0 saturated carbocycles. The molecule has 0 saturated heterocycles. The fraction of sp³-hybridized carbons (Fsp3) is 0.200. The molecule has 1 heterocycles. The molecule has 2 aromatic rings. The SMILES string of the molecule is Clc1ccc(C(Cl)c2ccc3c(c2)COC3)cc1Cl. The molecule has 1 unspecified atom stereocenters. The van der Waals surface area contributed by atoms with Gasteiger partial charge in [0, 0.05) is 0 Å². The average molecular weight is 314 g/mol. The lowest BCUT2D eigenvalue weighted by Gasteiger charge is -2.12. The van der Waals surface area contributed by atoms with Crippen molar-refractivity contribution in [3.05, 3.63) is 68.7 Å². The maximum absolute atomic E-state index is 6.52. The van der Waals surface area contributed by atoms with Crippen molar-refractivity contribution in [2.24, 2.45) is 0 Å². The van der Waals surface area contributed by atoms with E-state index in [1.807, 2.05) is 18.2 Å². The summed E-state index contributed by atoms with van der Waals surface area (Å²) in [6.07, 6.45) is 0. The van der Waals surface area contributed by atoms with Crippen molar-refractivity contribution < 1.29 is 4.74 Å². The summed E-state index contributed by atoms with van der Waals surface area (Å²) in [4.78, 5) is 0. The third-order valence-electron chi connectivity index (χ3n) is 3.27. The summed E-state index contributed by atoms with van der Waals surface area (Å²) in [6, 6.07) is 11.7. The van der Waals surface area contributed by atoms with Crippen LogP contribution < -0.4 is 0 Å². The van der Waals surface area contributed by atoms with Gasteiger partial charge in [-0.05, 0) is 34.4 Å². The van der Waals surface area contributed by atoms with Gasteiger partial charge in [0.2, 0.25) is 0 Å². The zero-order chi connectivity index (χ0) is 13.4. The van der Waals surface area contributed by atoms with Gasteiger partial charge in [0.25, 0.3) is 0 Å². The molecule has 0 aliphatic carbocycles. The van der Waals surface area contributed by atoms with Gasteiger partial charge in [-0.2, -0.15) is 0 Å². The van der Waals surface area contributed by atoms with Crippen LogP contribution in [0.15, 0.2) is 36.4 Å². The predicted octanol–water partition coefficient (Wildman–Crippen LogP) is 5.35. The largest absolute Gasteiger partial charge is 0.372 e. The van der Waals surface area contributed by atoms with Crippen LogP contribution in [0.1, 0.15) is 27.6 Å². The Morgan fingerprint density at radius 3 is 2.32 bits per heavy atom. The maximum atomic E-state index is 6.52. The molecule has 0 N–H and O–H groups in total. The highest BCUT2D eigenvalue weighted by molar-refractivity contribution is 6.42. The molecule has 1 nitrogen and oxygen atoms in total. The number of alkyl halides is 1. The second-order valence-corrected chi connectivity index (χ2v) is 5.81. The van der Waals surface area contributed by atoms with Crippen molar-refractivity contribution in [2.75, 3.05) is 0 Å². The van der Waals surface area contributed by atoms with Crippen LogP contribution in [0.3, 0.4) is 0 Å². The summed E-state index contributed by atoms with van der Waals surface area (Å²) in [7, 11) is 0. The summed E-state index contributed by atoms with van der Waals surface area (Å²) >= 11 is 18.5. The minimum absolute atomic E-state index is 0.235. The summed E-state index contributed by atoms with van der Waals surface area (Å²) in [5, 5.41) is 0.826. The van der Waals surface area contributed by atoms with Gasteiger partial charge in [-0.3, -0.25) is 0 Å². The molecular formula is C15H11Cl3O. The van der Waals surface area contributed by atoms with Gasteiger partial charge >= 0.3 is 0 Å². The Morgan fingerprint density at radius 2 is 1.53 bits per heavy atom. The van der Waals surface area contributed by atoms with Crippen molar-refractivity contribution in [3.8, 4) is 0 Å². The summed E-state index contributed by atoms with van der Waals surface area (Å²) in [5.74, 6) is 0. The molecule has 0 spiro atoms. The van der Waals surface area contributed by atoms with E-state index in [9.17, 15) is 0 Å². The Kier molecular flexibility index (Phi) is 3.72. The standard InChI is InChI=1S/C15H11Cl3O/c16-13-4-3-10(6-14(13)17)15(18)9-1-2-11-7-19-8-12(11)5-9/h1-6,15H,7-8H2. The number of halogens is 3. The lowest BCUT2D eigenvalue weighted by atomic mass is 10.00. The monoisotopic (exact) mass is 312 g/mol. The van der Waals surface area contributed by atoms with Crippen LogP contribution in [0.2, 0.25) is 10.0 Å². The number of fused-ring (bicyclic) bond motifs is 1. The highest BCUT2D eigenvalue weighted by atomic mass is 35.5. The third-order valence-corrected chi connectivity index (χ3v) is 4.52.